The maximum absolute atomic E-state index is 12.2. The van der Waals surface area contributed by atoms with Crippen molar-refractivity contribution in [2.45, 2.75) is 13.0 Å². The average Bonchev–Trinajstić information content (AvgIpc) is 2.62. The number of carbonyl (C=O) groups excluding carboxylic acids is 1. The standard InChI is InChI=1S/C19H15ClN2O4/c1-12(19(24)25)26-15-8-6-13(7-9-15)10-14(11-21)18(23)22-17-5-3-2-4-16(17)20/h2-10,12H,1H3,(H,22,23)(H,24,25)/b14-10-/t12-/m0/s1. The molecular weight excluding hydrogens is 356 g/mol. The minimum absolute atomic E-state index is 0.0995. The van der Waals surface area contributed by atoms with Crippen molar-refractivity contribution < 1.29 is 19.4 Å². The normalized spacial score (nSPS) is 12.0. The third-order valence-corrected chi connectivity index (χ3v) is 3.67. The Hall–Kier alpha value is -3.30. The zero-order valence-electron chi connectivity index (χ0n) is 13.8. The molecule has 0 spiro atoms. The summed E-state index contributed by atoms with van der Waals surface area (Å²) in [6, 6.07) is 14.9. The van der Waals surface area contributed by atoms with Crippen LogP contribution in [0.1, 0.15) is 12.5 Å². The number of carboxylic acids is 1. The first-order valence-electron chi connectivity index (χ1n) is 7.58. The van der Waals surface area contributed by atoms with E-state index in [1.54, 1.807) is 48.5 Å². The van der Waals surface area contributed by atoms with Crippen LogP contribution in [-0.4, -0.2) is 23.1 Å². The lowest BCUT2D eigenvalue weighted by molar-refractivity contribution is -0.144. The summed E-state index contributed by atoms with van der Waals surface area (Å²) in [6.45, 7) is 1.42. The Bertz CT molecular complexity index is 885. The lowest BCUT2D eigenvalue weighted by atomic mass is 10.1. The second-order valence-corrected chi connectivity index (χ2v) is 5.68. The molecule has 0 fully saturated rings. The molecule has 0 bridgehead atoms. The van der Waals surface area contributed by atoms with Crippen molar-refractivity contribution in [3.8, 4) is 11.8 Å². The zero-order chi connectivity index (χ0) is 19.1. The predicted octanol–water partition coefficient (Wildman–Crippen LogP) is 3.74. The largest absolute Gasteiger partial charge is 0.479 e. The third kappa shape index (κ3) is 5.10. The predicted molar refractivity (Wildman–Crippen MR) is 97.8 cm³/mol. The number of hydrogen-bond donors (Lipinski definition) is 2. The van der Waals surface area contributed by atoms with Crippen LogP contribution in [0.5, 0.6) is 5.75 Å². The first kappa shape index (κ1) is 19.0. The Balaban J connectivity index is 2.13. The highest BCUT2D eigenvalue weighted by Gasteiger charge is 2.13. The Kier molecular flexibility index (Phi) is 6.36. The Morgan fingerprint density at radius 1 is 1.23 bits per heavy atom. The van der Waals surface area contributed by atoms with Crippen LogP contribution in [0.15, 0.2) is 54.1 Å². The molecule has 1 atom stereocenters. The highest BCUT2D eigenvalue weighted by atomic mass is 35.5. The summed E-state index contributed by atoms with van der Waals surface area (Å²) in [5.41, 5.74) is 0.899. The van der Waals surface area contributed by atoms with Crippen molar-refractivity contribution >= 4 is 35.2 Å². The van der Waals surface area contributed by atoms with Gasteiger partial charge in [-0.1, -0.05) is 35.9 Å². The molecule has 0 saturated carbocycles. The number of halogens is 1. The molecular formula is C19H15ClN2O4. The van der Waals surface area contributed by atoms with Gasteiger partial charge in [-0.05, 0) is 42.8 Å². The third-order valence-electron chi connectivity index (χ3n) is 3.34. The highest BCUT2D eigenvalue weighted by molar-refractivity contribution is 6.34. The number of anilines is 1. The number of nitrogens with zero attached hydrogens (tertiary/aromatic N) is 1. The molecule has 0 aliphatic rings. The Morgan fingerprint density at radius 3 is 2.46 bits per heavy atom. The lowest BCUT2D eigenvalue weighted by Gasteiger charge is -2.10. The minimum atomic E-state index is -1.07. The molecule has 0 aliphatic carbocycles. The lowest BCUT2D eigenvalue weighted by Crippen LogP contribution is -2.22. The van der Waals surface area contributed by atoms with Gasteiger partial charge in [0.2, 0.25) is 0 Å². The van der Waals surface area contributed by atoms with Gasteiger partial charge in [-0.2, -0.15) is 5.26 Å². The molecule has 2 aromatic carbocycles. The number of nitrogens with one attached hydrogen (secondary N) is 1. The monoisotopic (exact) mass is 370 g/mol. The van der Waals surface area contributed by atoms with Gasteiger partial charge in [0.1, 0.15) is 17.4 Å². The second-order valence-electron chi connectivity index (χ2n) is 5.27. The summed E-state index contributed by atoms with van der Waals surface area (Å²) in [4.78, 5) is 23.0. The molecule has 2 aromatic rings. The van der Waals surface area contributed by atoms with Gasteiger partial charge >= 0.3 is 5.97 Å². The highest BCUT2D eigenvalue weighted by Crippen LogP contribution is 2.21. The molecule has 1 amide bonds. The summed E-state index contributed by atoms with van der Waals surface area (Å²) < 4.78 is 5.22. The minimum Gasteiger partial charge on any atom is -0.479 e. The number of ether oxygens (including phenoxy) is 1. The smallest absolute Gasteiger partial charge is 0.344 e. The molecule has 26 heavy (non-hydrogen) atoms. The molecule has 7 heteroatoms. The maximum Gasteiger partial charge on any atom is 0.344 e. The van der Waals surface area contributed by atoms with E-state index in [-0.39, 0.29) is 5.57 Å². The Labute approximate surface area is 155 Å². The van der Waals surface area contributed by atoms with E-state index in [0.29, 0.717) is 22.0 Å². The molecule has 0 saturated heterocycles. The van der Waals surface area contributed by atoms with Gasteiger partial charge in [0, 0.05) is 0 Å². The molecule has 2 rings (SSSR count). The summed E-state index contributed by atoms with van der Waals surface area (Å²) in [7, 11) is 0. The van der Waals surface area contributed by atoms with Crippen LogP contribution < -0.4 is 10.1 Å². The van der Waals surface area contributed by atoms with Gasteiger partial charge in [-0.15, -0.1) is 0 Å². The fraction of sp³-hybridized carbons (Fsp3) is 0.105. The van der Waals surface area contributed by atoms with Crippen LogP contribution in [0.3, 0.4) is 0 Å². The van der Waals surface area contributed by atoms with E-state index < -0.39 is 18.0 Å². The van der Waals surface area contributed by atoms with Gasteiger partial charge in [0.25, 0.3) is 5.91 Å². The van der Waals surface area contributed by atoms with Gasteiger partial charge in [0.15, 0.2) is 6.10 Å². The first-order valence-corrected chi connectivity index (χ1v) is 7.95. The summed E-state index contributed by atoms with van der Waals surface area (Å²) in [5.74, 6) is -1.28. The molecule has 2 N–H and O–H groups in total. The quantitative estimate of drug-likeness (QED) is 0.596. The molecule has 0 heterocycles. The van der Waals surface area contributed by atoms with Gasteiger partial charge in [0.05, 0.1) is 10.7 Å². The van der Waals surface area contributed by atoms with Crippen molar-refractivity contribution in [2.24, 2.45) is 0 Å². The molecule has 132 valence electrons. The average molecular weight is 371 g/mol. The number of para-hydroxylation sites is 1. The number of carbonyl (C=O) groups is 2. The molecule has 0 aliphatic heterocycles. The number of benzene rings is 2. The number of amides is 1. The summed E-state index contributed by atoms with van der Waals surface area (Å²) in [6.07, 6.45) is 0.434. The topological polar surface area (TPSA) is 99.4 Å². The van der Waals surface area contributed by atoms with E-state index in [0.717, 1.165) is 0 Å². The summed E-state index contributed by atoms with van der Waals surface area (Å²) in [5, 5.41) is 21.0. The van der Waals surface area contributed by atoms with Crippen LogP contribution in [0.4, 0.5) is 5.69 Å². The molecule has 6 nitrogen and oxygen atoms in total. The van der Waals surface area contributed by atoms with Gasteiger partial charge in [-0.3, -0.25) is 4.79 Å². The molecule has 0 radical (unpaired) electrons. The number of rotatable bonds is 6. The van der Waals surface area contributed by atoms with Crippen LogP contribution in [0.2, 0.25) is 5.02 Å². The van der Waals surface area contributed by atoms with Crippen molar-refractivity contribution in [3.05, 3.63) is 64.7 Å². The van der Waals surface area contributed by atoms with Crippen LogP contribution >= 0.6 is 11.6 Å². The Morgan fingerprint density at radius 2 is 1.88 bits per heavy atom. The maximum atomic E-state index is 12.2. The van der Waals surface area contributed by atoms with E-state index in [2.05, 4.69) is 5.32 Å². The fourth-order valence-corrected chi connectivity index (χ4v) is 2.15. The second kappa shape index (κ2) is 8.70. The van der Waals surface area contributed by atoms with Crippen molar-refractivity contribution in [3.63, 3.8) is 0 Å². The van der Waals surface area contributed by atoms with Crippen LogP contribution in [-0.2, 0) is 9.59 Å². The number of aliphatic carboxylic acids is 1. The van der Waals surface area contributed by atoms with Crippen LogP contribution in [0.25, 0.3) is 6.08 Å². The van der Waals surface area contributed by atoms with E-state index >= 15 is 0 Å². The van der Waals surface area contributed by atoms with Gasteiger partial charge in [-0.25, -0.2) is 4.79 Å². The SMILES string of the molecule is C[C@H](Oc1ccc(/C=C(/C#N)C(=O)Nc2ccccc2Cl)cc1)C(=O)O. The van der Waals surface area contributed by atoms with Crippen molar-refractivity contribution in [1.29, 1.82) is 5.26 Å². The van der Waals surface area contributed by atoms with Crippen molar-refractivity contribution in [1.82, 2.24) is 0 Å². The van der Waals surface area contributed by atoms with E-state index in [1.165, 1.54) is 13.0 Å². The fourth-order valence-electron chi connectivity index (χ4n) is 1.96. The zero-order valence-corrected chi connectivity index (χ0v) is 14.5. The number of hydrogen-bond acceptors (Lipinski definition) is 4. The molecule has 0 aromatic heterocycles. The first-order chi connectivity index (χ1) is 12.4. The number of nitriles is 1. The van der Waals surface area contributed by atoms with E-state index in [1.807, 2.05) is 6.07 Å². The van der Waals surface area contributed by atoms with Crippen LogP contribution in [0, 0.1) is 11.3 Å². The van der Waals surface area contributed by atoms with E-state index in [9.17, 15) is 14.9 Å². The van der Waals surface area contributed by atoms with Crippen molar-refractivity contribution in [2.75, 3.05) is 5.32 Å². The number of carboxylic acid groups (broad SMARTS) is 1. The summed E-state index contributed by atoms with van der Waals surface area (Å²) >= 11 is 5.98. The van der Waals surface area contributed by atoms with E-state index in [4.69, 9.17) is 21.4 Å². The van der Waals surface area contributed by atoms with Gasteiger partial charge < -0.3 is 15.2 Å². The molecule has 0 unspecified atom stereocenters.